The quantitative estimate of drug-likeness (QED) is 0.674. The molecule has 23 heavy (non-hydrogen) atoms. The van der Waals surface area contributed by atoms with Crippen molar-refractivity contribution in [2.45, 2.75) is 45.7 Å². The van der Waals surface area contributed by atoms with E-state index in [0.29, 0.717) is 6.42 Å². The minimum atomic E-state index is -0.688. The smallest absolute Gasteiger partial charge is 0.328 e. The van der Waals surface area contributed by atoms with Gasteiger partial charge in [-0.15, -0.1) is 0 Å². The molecule has 0 amide bonds. The fourth-order valence-corrected chi connectivity index (χ4v) is 2.92. The Balaban J connectivity index is 2.04. The summed E-state index contributed by atoms with van der Waals surface area (Å²) in [5.74, 6) is -1.69. The van der Waals surface area contributed by atoms with Gasteiger partial charge in [-0.1, -0.05) is 32.4 Å². The van der Waals surface area contributed by atoms with Crippen molar-refractivity contribution < 1.29 is 13.9 Å². The number of ether oxygens (including phenoxy) is 1. The highest BCUT2D eigenvalue weighted by Gasteiger charge is 2.40. The zero-order chi connectivity index (χ0) is 17.2. The third-order valence-corrected chi connectivity index (χ3v) is 4.01. The van der Waals surface area contributed by atoms with Gasteiger partial charge in [-0.3, -0.25) is 0 Å². The highest BCUT2D eigenvalue weighted by atomic mass is 35.5. The zero-order valence-electron chi connectivity index (χ0n) is 13.4. The van der Waals surface area contributed by atoms with Crippen molar-refractivity contribution in [3.05, 3.63) is 29.0 Å². The lowest BCUT2D eigenvalue weighted by Gasteiger charge is -2.25. The molecule has 1 N–H and O–H groups in total. The number of benzene rings is 1. The van der Waals surface area contributed by atoms with Gasteiger partial charge in [0.1, 0.15) is 6.04 Å². The first-order valence-electron chi connectivity index (χ1n) is 7.52. The molecule has 0 radical (unpaired) electrons. The van der Waals surface area contributed by atoms with Crippen molar-refractivity contribution in [2.75, 3.05) is 0 Å². The summed E-state index contributed by atoms with van der Waals surface area (Å²) in [5, 5.41) is 12.7. The summed E-state index contributed by atoms with van der Waals surface area (Å²) in [5.41, 5.74) is 0.0356. The molecule has 0 bridgehead atoms. The van der Waals surface area contributed by atoms with Crippen LogP contribution in [0.25, 0.3) is 0 Å². The van der Waals surface area contributed by atoms with Crippen LogP contribution in [0.1, 0.15) is 33.6 Å². The van der Waals surface area contributed by atoms with Crippen LogP contribution in [-0.2, 0) is 4.79 Å². The van der Waals surface area contributed by atoms with Gasteiger partial charge in [-0.2, -0.15) is 5.26 Å². The molecule has 0 aliphatic carbocycles. The lowest BCUT2D eigenvalue weighted by atomic mass is 9.84. The largest absolute Gasteiger partial charge is 0.422 e. The topological polar surface area (TPSA) is 62.1 Å². The first kappa shape index (κ1) is 17.7. The molecule has 1 aliphatic rings. The van der Waals surface area contributed by atoms with E-state index in [0.717, 1.165) is 12.5 Å². The third-order valence-electron chi connectivity index (χ3n) is 3.78. The van der Waals surface area contributed by atoms with Gasteiger partial charge in [0.15, 0.2) is 11.6 Å². The summed E-state index contributed by atoms with van der Waals surface area (Å²) in [4.78, 5) is 12.2. The van der Waals surface area contributed by atoms with E-state index >= 15 is 0 Å². The second kappa shape index (κ2) is 6.86. The third kappa shape index (κ3) is 4.66. The van der Waals surface area contributed by atoms with E-state index in [2.05, 4.69) is 32.2 Å². The molecule has 1 fully saturated rings. The molecule has 6 heteroatoms. The van der Waals surface area contributed by atoms with Crippen molar-refractivity contribution in [3.63, 3.8) is 0 Å². The first-order valence-corrected chi connectivity index (χ1v) is 7.90. The molecule has 124 valence electrons. The molecular formula is C17H20ClFN2O2. The Kier molecular flexibility index (Phi) is 5.28. The van der Waals surface area contributed by atoms with Crippen molar-refractivity contribution in [1.82, 2.24) is 5.32 Å². The van der Waals surface area contributed by atoms with Crippen LogP contribution in [-0.4, -0.2) is 18.1 Å². The van der Waals surface area contributed by atoms with Crippen LogP contribution in [0.4, 0.5) is 4.39 Å². The van der Waals surface area contributed by atoms with Crippen LogP contribution in [0.2, 0.25) is 5.02 Å². The van der Waals surface area contributed by atoms with E-state index in [1.165, 1.54) is 12.1 Å². The minimum Gasteiger partial charge on any atom is -0.422 e. The summed E-state index contributed by atoms with van der Waals surface area (Å²) in [6, 6.07) is 5.42. The Bertz CT molecular complexity index is 636. The molecule has 3 atom stereocenters. The number of rotatable bonds is 3. The van der Waals surface area contributed by atoms with Crippen LogP contribution < -0.4 is 10.1 Å². The average molecular weight is 339 g/mol. The van der Waals surface area contributed by atoms with Crippen LogP contribution in [0.5, 0.6) is 5.75 Å². The van der Waals surface area contributed by atoms with Crippen molar-refractivity contribution >= 4 is 17.6 Å². The van der Waals surface area contributed by atoms with E-state index in [1.54, 1.807) is 0 Å². The molecule has 3 unspecified atom stereocenters. The van der Waals surface area contributed by atoms with Gasteiger partial charge < -0.3 is 10.1 Å². The van der Waals surface area contributed by atoms with Crippen molar-refractivity contribution in [3.8, 4) is 11.8 Å². The number of carbonyl (C=O) groups is 1. The van der Waals surface area contributed by atoms with Crippen LogP contribution >= 0.6 is 11.6 Å². The molecule has 1 saturated heterocycles. The number of halogens is 2. The predicted octanol–water partition coefficient (Wildman–Crippen LogP) is 3.69. The zero-order valence-corrected chi connectivity index (χ0v) is 14.2. The van der Waals surface area contributed by atoms with Gasteiger partial charge in [0.05, 0.1) is 12.0 Å². The van der Waals surface area contributed by atoms with Gasteiger partial charge in [0.2, 0.25) is 0 Å². The number of nitrogens with one attached hydrogen (secondary N) is 1. The highest BCUT2D eigenvalue weighted by molar-refractivity contribution is 6.30. The van der Waals surface area contributed by atoms with E-state index in [4.69, 9.17) is 16.3 Å². The highest BCUT2D eigenvalue weighted by Crippen LogP contribution is 2.31. The Labute approximate surface area is 140 Å². The minimum absolute atomic E-state index is 0.0356. The molecule has 1 aromatic rings. The molecule has 1 heterocycles. The number of hydrogen-bond acceptors (Lipinski definition) is 4. The summed E-state index contributed by atoms with van der Waals surface area (Å²) in [6.07, 6.45) is 1.13. The van der Waals surface area contributed by atoms with Gasteiger partial charge in [-0.05, 0) is 36.5 Å². The second-order valence-electron chi connectivity index (χ2n) is 7.06. The van der Waals surface area contributed by atoms with Crippen LogP contribution in [0, 0.1) is 28.5 Å². The number of nitriles is 1. The van der Waals surface area contributed by atoms with E-state index in [1.807, 2.05) is 0 Å². The van der Waals surface area contributed by atoms with Crippen LogP contribution in [0.3, 0.4) is 0 Å². The van der Waals surface area contributed by atoms with Crippen molar-refractivity contribution in [1.29, 1.82) is 5.26 Å². The Morgan fingerprint density at radius 1 is 1.52 bits per heavy atom. The molecule has 0 spiro atoms. The summed E-state index contributed by atoms with van der Waals surface area (Å²) in [6.45, 7) is 6.24. The molecule has 0 saturated carbocycles. The number of carbonyl (C=O) groups excluding carboxylic acids is 1. The normalized spacial score (nSPS) is 24.3. The predicted molar refractivity (Wildman–Crippen MR) is 85.5 cm³/mol. The SMILES string of the molecule is CC(C)(C)CC1NC(C(=O)Oc2ccc(Cl)cc2F)CC1C#N. The standard InChI is InChI=1S/C17H20ClFN2O2/c1-17(2,3)8-14-10(9-20)6-13(21-14)16(22)23-15-5-4-11(18)7-12(15)19/h4-5,7,10,13-14,21H,6,8H2,1-3H3. The average Bonchev–Trinajstić information content (AvgIpc) is 2.82. The maximum atomic E-state index is 13.7. The maximum Gasteiger partial charge on any atom is 0.328 e. The monoisotopic (exact) mass is 338 g/mol. The van der Waals surface area contributed by atoms with Gasteiger partial charge >= 0.3 is 5.97 Å². The Morgan fingerprint density at radius 2 is 2.22 bits per heavy atom. The molecule has 0 aromatic heterocycles. The fraction of sp³-hybridized carbons (Fsp3) is 0.529. The van der Waals surface area contributed by atoms with E-state index < -0.39 is 17.8 Å². The molecule has 1 aromatic carbocycles. The Morgan fingerprint density at radius 3 is 2.78 bits per heavy atom. The fourth-order valence-electron chi connectivity index (χ4n) is 2.77. The maximum absolute atomic E-state index is 13.7. The molecule has 4 nitrogen and oxygen atoms in total. The van der Waals surface area contributed by atoms with Gasteiger partial charge in [0.25, 0.3) is 0 Å². The number of hydrogen-bond donors (Lipinski definition) is 1. The molecule has 1 aliphatic heterocycles. The molecule has 2 rings (SSSR count). The van der Waals surface area contributed by atoms with Gasteiger partial charge in [0, 0.05) is 11.1 Å². The van der Waals surface area contributed by atoms with Crippen LogP contribution in [0.15, 0.2) is 18.2 Å². The van der Waals surface area contributed by atoms with E-state index in [-0.39, 0.29) is 28.1 Å². The van der Waals surface area contributed by atoms with E-state index in [9.17, 15) is 14.4 Å². The summed E-state index contributed by atoms with van der Waals surface area (Å²) >= 11 is 5.67. The first-order chi connectivity index (χ1) is 10.7. The lowest BCUT2D eigenvalue weighted by Crippen LogP contribution is -2.40. The summed E-state index contributed by atoms with van der Waals surface area (Å²) < 4.78 is 18.8. The second-order valence-corrected chi connectivity index (χ2v) is 7.49. The molecular weight excluding hydrogens is 319 g/mol. The Hall–Kier alpha value is -1.64. The lowest BCUT2D eigenvalue weighted by molar-refractivity contribution is -0.136. The number of esters is 1. The summed E-state index contributed by atoms with van der Waals surface area (Å²) in [7, 11) is 0. The van der Waals surface area contributed by atoms with Crippen molar-refractivity contribution in [2.24, 2.45) is 11.3 Å². The number of nitrogens with zero attached hydrogens (tertiary/aromatic N) is 1. The van der Waals surface area contributed by atoms with Gasteiger partial charge in [-0.25, -0.2) is 9.18 Å².